The Morgan fingerprint density at radius 1 is 0.750 bits per heavy atom. The monoisotopic (exact) mass is 278 g/mol. The van der Waals surface area contributed by atoms with Crippen molar-refractivity contribution in [3.63, 3.8) is 0 Å². The zero-order chi connectivity index (χ0) is 13.9. The predicted octanol–water partition coefficient (Wildman–Crippen LogP) is 4.83. The number of hydrogen-bond acceptors (Lipinski definition) is 2. The molecule has 2 unspecified atom stereocenters. The maximum Gasteiger partial charge on any atom is 0.180 e. The third-order valence-electron chi connectivity index (χ3n) is 5.52. The van der Waals surface area contributed by atoms with Crippen LogP contribution in [-0.4, -0.2) is 18.5 Å². The molecule has 1 saturated heterocycles. The fourth-order valence-electron chi connectivity index (χ4n) is 4.39. The average molecular weight is 278 g/mol. The second kappa shape index (κ2) is 6.62. The molecule has 0 spiro atoms. The van der Waals surface area contributed by atoms with Gasteiger partial charge in [0.05, 0.1) is 12.2 Å². The summed E-state index contributed by atoms with van der Waals surface area (Å²) in [7, 11) is 0. The summed E-state index contributed by atoms with van der Waals surface area (Å²) in [5, 5.41) is 0. The average Bonchev–Trinajstić information content (AvgIpc) is 2.94. The largest absolute Gasteiger partial charge is 0.342 e. The fourth-order valence-corrected chi connectivity index (χ4v) is 4.39. The molecule has 3 aliphatic rings. The summed E-state index contributed by atoms with van der Waals surface area (Å²) in [6, 6.07) is 0. The van der Waals surface area contributed by atoms with E-state index < -0.39 is 0 Å². The molecule has 2 aliphatic carbocycles. The Hall–Kier alpha value is -0.340. The molecule has 0 aromatic carbocycles. The van der Waals surface area contributed by atoms with E-state index >= 15 is 0 Å². The zero-order valence-corrected chi connectivity index (χ0v) is 13.0. The maximum atomic E-state index is 6.31. The van der Waals surface area contributed by atoms with Crippen LogP contribution in [0.25, 0.3) is 0 Å². The highest BCUT2D eigenvalue weighted by atomic mass is 16.7. The van der Waals surface area contributed by atoms with Gasteiger partial charge in [-0.3, -0.25) is 0 Å². The molecule has 3 fully saturated rings. The fraction of sp³-hybridized carbons (Fsp3) is 0.889. The van der Waals surface area contributed by atoms with Crippen LogP contribution in [-0.2, 0) is 9.47 Å². The molecule has 20 heavy (non-hydrogen) atoms. The van der Waals surface area contributed by atoms with Gasteiger partial charge in [0.1, 0.15) is 0 Å². The number of ether oxygens (including phenoxy) is 2. The van der Waals surface area contributed by atoms with Gasteiger partial charge in [0, 0.05) is 0 Å². The first-order chi connectivity index (χ1) is 9.75. The lowest BCUT2D eigenvalue weighted by Crippen LogP contribution is -2.38. The van der Waals surface area contributed by atoms with Crippen LogP contribution in [0.4, 0.5) is 0 Å². The van der Waals surface area contributed by atoms with Crippen LogP contribution in [0.3, 0.4) is 0 Å². The molecule has 114 valence electrons. The smallest absolute Gasteiger partial charge is 0.180 e. The Labute approximate surface area is 123 Å². The Morgan fingerprint density at radius 2 is 1.15 bits per heavy atom. The summed E-state index contributed by atoms with van der Waals surface area (Å²) >= 11 is 0. The topological polar surface area (TPSA) is 18.5 Å². The Bertz CT molecular complexity index is 300. The second-order valence-electron chi connectivity index (χ2n) is 7.18. The molecule has 2 atom stereocenters. The van der Waals surface area contributed by atoms with Crippen LogP contribution in [0.15, 0.2) is 12.2 Å². The number of rotatable bonds is 3. The minimum Gasteiger partial charge on any atom is -0.342 e. The van der Waals surface area contributed by atoms with E-state index in [1.54, 1.807) is 0 Å². The zero-order valence-electron chi connectivity index (χ0n) is 13.0. The van der Waals surface area contributed by atoms with Gasteiger partial charge >= 0.3 is 0 Å². The van der Waals surface area contributed by atoms with Crippen LogP contribution in [0, 0.1) is 11.8 Å². The molecule has 0 bridgehead atoms. The molecule has 0 N–H and O–H groups in total. The lowest BCUT2D eigenvalue weighted by Gasteiger charge is -2.34. The van der Waals surface area contributed by atoms with E-state index in [1.807, 2.05) is 6.92 Å². The Kier molecular flexibility index (Phi) is 4.83. The van der Waals surface area contributed by atoms with Crippen molar-refractivity contribution in [2.75, 3.05) is 0 Å². The summed E-state index contributed by atoms with van der Waals surface area (Å²) in [6.07, 6.45) is 14.2. The van der Waals surface area contributed by atoms with Gasteiger partial charge in [-0.25, -0.2) is 0 Å². The highest BCUT2D eigenvalue weighted by molar-refractivity contribution is 5.00. The van der Waals surface area contributed by atoms with E-state index in [0.29, 0.717) is 12.2 Å². The summed E-state index contributed by atoms with van der Waals surface area (Å²) in [6.45, 7) is 6.08. The van der Waals surface area contributed by atoms with Crippen molar-refractivity contribution < 1.29 is 9.47 Å². The molecule has 1 heterocycles. The molecule has 0 aromatic heterocycles. The van der Waals surface area contributed by atoms with Gasteiger partial charge in [0.15, 0.2) is 6.29 Å². The summed E-state index contributed by atoms with van der Waals surface area (Å²) < 4.78 is 12.6. The van der Waals surface area contributed by atoms with Crippen LogP contribution in [0.1, 0.15) is 71.1 Å². The van der Waals surface area contributed by atoms with Crippen molar-refractivity contribution in [1.82, 2.24) is 0 Å². The van der Waals surface area contributed by atoms with E-state index in [9.17, 15) is 0 Å². The highest BCUT2D eigenvalue weighted by Crippen LogP contribution is 2.41. The summed E-state index contributed by atoms with van der Waals surface area (Å²) in [4.78, 5) is 0. The molecular formula is C18H30O2. The molecular weight excluding hydrogens is 248 g/mol. The lowest BCUT2D eigenvalue weighted by atomic mass is 9.77. The van der Waals surface area contributed by atoms with E-state index in [4.69, 9.17) is 9.47 Å². The molecule has 0 aromatic rings. The molecule has 2 nitrogen and oxygen atoms in total. The first-order valence-electron chi connectivity index (χ1n) is 8.72. The van der Waals surface area contributed by atoms with E-state index in [0.717, 1.165) is 17.4 Å². The van der Waals surface area contributed by atoms with Crippen molar-refractivity contribution in [2.45, 2.75) is 89.6 Å². The molecule has 0 amide bonds. The van der Waals surface area contributed by atoms with Crippen molar-refractivity contribution >= 4 is 0 Å². The van der Waals surface area contributed by atoms with Crippen molar-refractivity contribution in [3.8, 4) is 0 Å². The molecule has 3 rings (SSSR count). The third-order valence-corrected chi connectivity index (χ3v) is 5.52. The highest BCUT2D eigenvalue weighted by Gasteiger charge is 2.44. The van der Waals surface area contributed by atoms with Gasteiger partial charge in [-0.15, -0.1) is 0 Å². The van der Waals surface area contributed by atoms with Crippen molar-refractivity contribution in [3.05, 3.63) is 12.2 Å². The maximum absolute atomic E-state index is 6.31. The van der Waals surface area contributed by atoms with Crippen molar-refractivity contribution in [2.24, 2.45) is 11.8 Å². The van der Waals surface area contributed by atoms with E-state index in [-0.39, 0.29) is 6.29 Å². The Balaban J connectivity index is 1.70. The quantitative estimate of drug-likeness (QED) is 0.688. The molecule has 0 radical (unpaired) electrons. The van der Waals surface area contributed by atoms with Gasteiger partial charge in [0.25, 0.3) is 0 Å². The second-order valence-corrected chi connectivity index (χ2v) is 7.18. The third kappa shape index (κ3) is 3.12. The molecule has 2 saturated carbocycles. The van der Waals surface area contributed by atoms with Crippen LogP contribution >= 0.6 is 0 Å². The van der Waals surface area contributed by atoms with Crippen LogP contribution < -0.4 is 0 Å². The van der Waals surface area contributed by atoms with Gasteiger partial charge in [-0.1, -0.05) is 45.1 Å². The normalized spacial score (nSPS) is 37.1. The number of hydrogen-bond donors (Lipinski definition) is 0. The van der Waals surface area contributed by atoms with Crippen LogP contribution in [0.5, 0.6) is 0 Å². The standard InChI is InChI=1S/C18H30O2/c1-13(2)18-19-16(14-9-5-3-6-10-14)17(20-18)15-11-7-4-8-12-15/h14-18H,1,3-12H2,2H3. The van der Waals surface area contributed by atoms with Gasteiger partial charge in [0.2, 0.25) is 0 Å². The van der Waals surface area contributed by atoms with Gasteiger partial charge in [-0.05, 0) is 50.0 Å². The van der Waals surface area contributed by atoms with Gasteiger partial charge < -0.3 is 9.47 Å². The minimum absolute atomic E-state index is 0.145. The Morgan fingerprint density at radius 3 is 1.50 bits per heavy atom. The van der Waals surface area contributed by atoms with E-state index in [1.165, 1.54) is 64.2 Å². The predicted molar refractivity (Wildman–Crippen MR) is 81.5 cm³/mol. The van der Waals surface area contributed by atoms with Crippen molar-refractivity contribution in [1.29, 1.82) is 0 Å². The minimum atomic E-state index is -0.145. The summed E-state index contributed by atoms with van der Waals surface area (Å²) in [5.41, 5.74) is 1.03. The SMILES string of the molecule is C=C(C)C1OC(C2CCCCC2)C(C2CCCCC2)O1. The first kappa shape index (κ1) is 14.6. The van der Waals surface area contributed by atoms with Gasteiger partial charge in [-0.2, -0.15) is 0 Å². The van der Waals surface area contributed by atoms with E-state index in [2.05, 4.69) is 6.58 Å². The lowest BCUT2D eigenvalue weighted by molar-refractivity contribution is -0.0511. The molecule has 2 heteroatoms. The molecule has 1 aliphatic heterocycles. The summed E-state index contributed by atoms with van der Waals surface area (Å²) in [5.74, 6) is 1.44. The first-order valence-corrected chi connectivity index (χ1v) is 8.72. The van der Waals surface area contributed by atoms with Crippen LogP contribution in [0.2, 0.25) is 0 Å².